The van der Waals surface area contributed by atoms with E-state index < -0.39 is 10.0 Å². The molecule has 2 rings (SSSR count). The first kappa shape index (κ1) is 12.5. The Balaban J connectivity index is 1.84. The van der Waals surface area contributed by atoms with Crippen LogP contribution in [0.1, 0.15) is 18.7 Å². The maximum Gasteiger partial charge on any atom is 0.213 e. The number of hydrogen-bond acceptors (Lipinski definition) is 5. The third-order valence-corrected chi connectivity index (χ3v) is 4.11. The van der Waals surface area contributed by atoms with Gasteiger partial charge in [0.15, 0.2) is 5.82 Å². The third-order valence-electron chi connectivity index (χ3n) is 2.68. The highest BCUT2D eigenvalue weighted by Crippen LogP contribution is 2.07. The largest absolute Gasteiger partial charge is 0.313 e. The zero-order valence-electron chi connectivity index (χ0n) is 9.76. The lowest BCUT2D eigenvalue weighted by Crippen LogP contribution is -2.36. The second kappa shape index (κ2) is 5.11. The molecule has 0 bridgehead atoms. The molecule has 2 N–H and O–H groups in total. The average Bonchev–Trinajstić information content (AvgIpc) is 2.86. The zero-order valence-corrected chi connectivity index (χ0v) is 10.6. The Labute approximate surface area is 101 Å². The SMILES string of the molecule is Cn1cnc(CNS(=O)(=O)CC2CCCN2)n1. The first-order valence-corrected chi connectivity index (χ1v) is 7.26. The van der Waals surface area contributed by atoms with E-state index in [1.165, 1.54) is 0 Å². The van der Waals surface area contributed by atoms with E-state index in [0.717, 1.165) is 19.4 Å². The molecular formula is C9H17N5O2S. The van der Waals surface area contributed by atoms with Crippen molar-refractivity contribution in [1.29, 1.82) is 0 Å². The smallest absolute Gasteiger partial charge is 0.213 e. The standard InChI is InChI=1S/C9H17N5O2S/c1-14-7-11-9(13-14)5-12-17(15,16)6-8-3-2-4-10-8/h7-8,10,12H,2-6H2,1H3. The van der Waals surface area contributed by atoms with Gasteiger partial charge in [0.2, 0.25) is 10.0 Å². The molecule has 0 spiro atoms. The fourth-order valence-corrected chi connectivity index (χ4v) is 3.14. The van der Waals surface area contributed by atoms with Crippen molar-refractivity contribution in [2.75, 3.05) is 12.3 Å². The predicted molar refractivity (Wildman–Crippen MR) is 62.7 cm³/mol. The Morgan fingerprint density at radius 1 is 1.65 bits per heavy atom. The molecule has 0 aromatic carbocycles. The summed E-state index contributed by atoms with van der Waals surface area (Å²) in [6.45, 7) is 1.05. The molecule has 96 valence electrons. The third kappa shape index (κ3) is 3.76. The van der Waals surface area contributed by atoms with Crippen molar-refractivity contribution < 1.29 is 8.42 Å². The Morgan fingerprint density at radius 3 is 3.06 bits per heavy atom. The molecule has 1 unspecified atom stereocenters. The predicted octanol–water partition coefficient (Wildman–Crippen LogP) is -1.01. The summed E-state index contributed by atoms with van der Waals surface area (Å²) in [5, 5.41) is 7.17. The van der Waals surface area contributed by atoms with Gasteiger partial charge in [-0.15, -0.1) is 0 Å². The highest BCUT2D eigenvalue weighted by atomic mass is 32.2. The number of sulfonamides is 1. The summed E-state index contributed by atoms with van der Waals surface area (Å²) in [5.74, 6) is 0.607. The van der Waals surface area contributed by atoms with Gasteiger partial charge in [-0.1, -0.05) is 0 Å². The molecule has 8 heteroatoms. The summed E-state index contributed by atoms with van der Waals surface area (Å²) in [6, 6.07) is 0.0733. The molecular weight excluding hydrogens is 242 g/mol. The first-order chi connectivity index (χ1) is 8.05. The van der Waals surface area contributed by atoms with Crippen LogP contribution < -0.4 is 10.0 Å². The average molecular weight is 259 g/mol. The van der Waals surface area contributed by atoms with Gasteiger partial charge in [-0.25, -0.2) is 18.1 Å². The molecule has 1 aliphatic rings. The van der Waals surface area contributed by atoms with Crippen molar-refractivity contribution in [3.63, 3.8) is 0 Å². The van der Waals surface area contributed by atoms with Crippen LogP contribution in [0.25, 0.3) is 0 Å². The van der Waals surface area contributed by atoms with Crippen molar-refractivity contribution in [3.05, 3.63) is 12.2 Å². The molecule has 7 nitrogen and oxygen atoms in total. The molecule has 1 atom stereocenters. The fraction of sp³-hybridized carbons (Fsp3) is 0.778. The van der Waals surface area contributed by atoms with Crippen LogP contribution in [0, 0.1) is 0 Å². The van der Waals surface area contributed by atoms with Crippen LogP contribution in [0.3, 0.4) is 0 Å². The fourth-order valence-electron chi connectivity index (χ4n) is 1.86. The van der Waals surface area contributed by atoms with Crippen LogP contribution in [0.2, 0.25) is 0 Å². The normalized spacial score (nSPS) is 20.9. The first-order valence-electron chi connectivity index (χ1n) is 5.60. The van der Waals surface area contributed by atoms with Crippen molar-refractivity contribution in [3.8, 4) is 0 Å². The summed E-state index contributed by atoms with van der Waals surface area (Å²) in [5.41, 5.74) is 0. The van der Waals surface area contributed by atoms with E-state index in [0.29, 0.717) is 5.82 Å². The van der Waals surface area contributed by atoms with Gasteiger partial charge in [-0.05, 0) is 19.4 Å². The van der Waals surface area contributed by atoms with Crippen LogP contribution >= 0.6 is 0 Å². The Morgan fingerprint density at radius 2 is 2.47 bits per heavy atom. The summed E-state index contributed by atoms with van der Waals surface area (Å²) in [6.07, 6.45) is 3.51. The van der Waals surface area contributed by atoms with Crippen LogP contribution in [0.5, 0.6) is 0 Å². The van der Waals surface area contributed by atoms with Crippen molar-refractivity contribution in [2.24, 2.45) is 7.05 Å². The summed E-state index contributed by atoms with van der Waals surface area (Å²) in [4.78, 5) is 3.96. The van der Waals surface area contributed by atoms with Gasteiger partial charge in [0.05, 0.1) is 12.3 Å². The Hall–Kier alpha value is -0.990. The van der Waals surface area contributed by atoms with E-state index in [1.807, 2.05) is 0 Å². The number of nitrogens with zero attached hydrogens (tertiary/aromatic N) is 3. The van der Waals surface area contributed by atoms with Gasteiger partial charge in [-0.3, -0.25) is 4.68 Å². The molecule has 0 amide bonds. The van der Waals surface area contributed by atoms with Gasteiger partial charge in [0, 0.05) is 13.1 Å². The van der Waals surface area contributed by atoms with Crippen LogP contribution in [-0.2, 0) is 23.6 Å². The van der Waals surface area contributed by atoms with Gasteiger partial charge in [-0.2, -0.15) is 5.10 Å². The lowest BCUT2D eigenvalue weighted by Gasteiger charge is -2.10. The second-order valence-electron chi connectivity index (χ2n) is 4.23. The van der Waals surface area contributed by atoms with E-state index >= 15 is 0 Å². The topological polar surface area (TPSA) is 88.9 Å². The summed E-state index contributed by atoms with van der Waals surface area (Å²) in [7, 11) is -1.51. The zero-order chi connectivity index (χ0) is 12.3. The lowest BCUT2D eigenvalue weighted by atomic mass is 10.3. The van der Waals surface area contributed by atoms with Crippen molar-refractivity contribution >= 4 is 10.0 Å². The molecule has 0 saturated carbocycles. The molecule has 1 aromatic rings. The van der Waals surface area contributed by atoms with Crippen LogP contribution in [0.4, 0.5) is 0 Å². The van der Waals surface area contributed by atoms with E-state index in [2.05, 4.69) is 20.1 Å². The van der Waals surface area contributed by atoms with Gasteiger partial charge in [0.1, 0.15) is 6.33 Å². The summed E-state index contributed by atoms with van der Waals surface area (Å²) < 4.78 is 27.6. The van der Waals surface area contributed by atoms with Crippen molar-refractivity contribution in [2.45, 2.75) is 25.4 Å². The quantitative estimate of drug-likeness (QED) is 0.707. The highest BCUT2D eigenvalue weighted by molar-refractivity contribution is 7.89. The Bertz CT molecular complexity index is 463. The summed E-state index contributed by atoms with van der Waals surface area (Å²) >= 11 is 0. The lowest BCUT2D eigenvalue weighted by molar-refractivity contribution is 0.561. The minimum absolute atomic E-state index is 0.0733. The molecule has 17 heavy (non-hydrogen) atoms. The maximum absolute atomic E-state index is 11.8. The highest BCUT2D eigenvalue weighted by Gasteiger charge is 2.21. The van der Waals surface area contributed by atoms with E-state index in [1.54, 1.807) is 18.1 Å². The molecule has 0 radical (unpaired) electrons. The number of rotatable bonds is 5. The number of hydrogen-bond donors (Lipinski definition) is 2. The van der Waals surface area contributed by atoms with Crippen LogP contribution in [0.15, 0.2) is 6.33 Å². The van der Waals surface area contributed by atoms with Crippen LogP contribution in [-0.4, -0.2) is 41.5 Å². The Kier molecular flexibility index (Phi) is 3.75. The second-order valence-corrected chi connectivity index (χ2v) is 6.08. The number of nitrogens with one attached hydrogen (secondary N) is 2. The van der Waals surface area contributed by atoms with Gasteiger partial charge in [0.25, 0.3) is 0 Å². The molecule has 0 aliphatic carbocycles. The maximum atomic E-state index is 11.8. The molecule has 2 heterocycles. The molecule has 1 saturated heterocycles. The van der Waals surface area contributed by atoms with Gasteiger partial charge >= 0.3 is 0 Å². The van der Waals surface area contributed by atoms with E-state index in [4.69, 9.17) is 0 Å². The molecule has 1 fully saturated rings. The van der Waals surface area contributed by atoms with E-state index in [9.17, 15) is 8.42 Å². The molecule has 1 aliphatic heterocycles. The number of aryl methyl sites for hydroxylation is 1. The number of aromatic nitrogens is 3. The minimum atomic E-state index is -3.26. The van der Waals surface area contributed by atoms with Gasteiger partial charge < -0.3 is 5.32 Å². The minimum Gasteiger partial charge on any atom is -0.313 e. The molecule has 1 aromatic heterocycles. The monoisotopic (exact) mass is 259 g/mol. The van der Waals surface area contributed by atoms with Crippen molar-refractivity contribution in [1.82, 2.24) is 24.8 Å². The van der Waals surface area contributed by atoms with E-state index in [-0.39, 0.29) is 18.3 Å².